The fourth-order valence-corrected chi connectivity index (χ4v) is 3.60. The van der Waals surface area contributed by atoms with Crippen molar-refractivity contribution in [2.75, 3.05) is 19.8 Å². The molecule has 2 fully saturated rings. The summed E-state index contributed by atoms with van der Waals surface area (Å²) < 4.78 is 5.90. The van der Waals surface area contributed by atoms with Crippen LogP contribution in [0.4, 0.5) is 0 Å². The number of aliphatic hydroxyl groups is 1. The molecule has 0 aromatic carbocycles. The van der Waals surface area contributed by atoms with Gasteiger partial charge in [-0.05, 0) is 39.0 Å². The molecule has 2 aliphatic rings. The molecule has 2 unspecified atom stereocenters. The Hall–Kier alpha value is -0.120. The van der Waals surface area contributed by atoms with Crippen molar-refractivity contribution >= 4 is 0 Å². The lowest BCUT2D eigenvalue weighted by atomic mass is 9.74. The minimum absolute atomic E-state index is 0.0505. The fourth-order valence-electron chi connectivity index (χ4n) is 3.60. The third-order valence-corrected chi connectivity index (χ3v) is 5.36. The van der Waals surface area contributed by atoms with Gasteiger partial charge in [0, 0.05) is 31.2 Å². The second-order valence-corrected chi connectivity index (χ2v) is 6.94. The lowest BCUT2D eigenvalue weighted by Gasteiger charge is -2.41. The van der Waals surface area contributed by atoms with Crippen molar-refractivity contribution in [1.82, 2.24) is 5.32 Å². The first-order valence-electron chi connectivity index (χ1n) is 8.10. The first kappa shape index (κ1) is 15.3. The van der Waals surface area contributed by atoms with Gasteiger partial charge in [-0.1, -0.05) is 26.2 Å². The van der Waals surface area contributed by atoms with Crippen LogP contribution < -0.4 is 5.32 Å². The molecule has 3 heteroatoms. The molecule has 0 aromatic rings. The number of hydrogen-bond acceptors (Lipinski definition) is 3. The summed E-state index contributed by atoms with van der Waals surface area (Å²) in [6.07, 6.45) is 9.56. The zero-order valence-electron chi connectivity index (χ0n) is 12.7. The number of ether oxygens (including phenoxy) is 1. The van der Waals surface area contributed by atoms with Crippen LogP contribution in [0.2, 0.25) is 0 Å². The summed E-state index contributed by atoms with van der Waals surface area (Å²) in [6.45, 7) is 6.62. The molecule has 0 spiro atoms. The summed E-state index contributed by atoms with van der Waals surface area (Å²) in [5, 5.41) is 13.5. The van der Waals surface area contributed by atoms with Crippen LogP contribution in [0.1, 0.15) is 65.2 Å². The summed E-state index contributed by atoms with van der Waals surface area (Å²) in [6, 6.07) is 0.559. The lowest BCUT2D eigenvalue weighted by Crippen LogP contribution is -2.49. The topological polar surface area (TPSA) is 41.5 Å². The monoisotopic (exact) mass is 269 g/mol. The summed E-state index contributed by atoms with van der Waals surface area (Å²) in [4.78, 5) is 0. The fraction of sp³-hybridized carbons (Fsp3) is 1.00. The standard InChI is InChI=1S/C16H31NO2/c1-3-15(2)11-14(7-10-19-15)17-12-16(13-18)8-5-4-6-9-16/h14,17-18H,3-13H2,1-2H3. The van der Waals surface area contributed by atoms with E-state index in [2.05, 4.69) is 19.2 Å². The first-order chi connectivity index (χ1) is 9.11. The molecule has 0 amide bonds. The van der Waals surface area contributed by atoms with Crippen LogP contribution in [0.3, 0.4) is 0 Å². The van der Waals surface area contributed by atoms with E-state index >= 15 is 0 Å². The summed E-state index contributed by atoms with van der Waals surface area (Å²) in [5.74, 6) is 0. The molecule has 19 heavy (non-hydrogen) atoms. The highest BCUT2D eigenvalue weighted by atomic mass is 16.5. The van der Waals surface area contributed by atoms with Gasteiger partial charge in [0.2, 0.25) is 0 Å². The van der Waals surface area contributed by atoms with Gasteiger partial charge in [0.15, 0.2) is 0 Å². The highest BCUT2D eigenvalue weighted by Crippen LogP contribution is 2.36. The van der Waals surface area contributed by atoms with Gasteiger partial charge >= 0.3 is 0 Å². The van der Waals surface area contributed by atoms with Gasteiger partial charge in [-0.15, -0.1) is 0 Å². The van der Waals surface area contributed by atoms with Crippen molar-refractivity contribution in [3.8, 4) is 0 Å². The predicted molar refractivity (Wildman–Crippen MR) is 78.3 cm³/mol. The highest BCUT2D eigenvalue weighted by molar-refractivity contribution is 4.89. The van der Waals surface area contributed by atoms with Gasteiger partial charge in [0.1, 0.15) is 0 Å². The molecule has 1 heterocycles. The Balaban J connectivity index is 1.83. The van der Waals surface area contributed by atoms with Crippen molar-refractivity contribution in [2.24, 2.45) is 5.41 Å². The van der Waals surface area contributed by atoms with Crippen molar-refractivity contribution in [3.05, 3.63) is 0 Å². The molecule has 1 saturated heterocycles. The maximum Gasteiger partial charge on any atom is 0.0666 e. The second kappa shape index (κ2) is 6.55. The Kier molecular flexibility index (Phi) is 5.27. The van der Waals surface area contributed by atoms with Crippen LogP contribution in [0, 0.1) is 5.41 Å². The van der Waals surface area contributed by atoms with E-state index in [0.717, 1.165) is 32.4 Å². The zero-order chi connectivity index (χ0) is 13.8. The lowest BCUT2D eigenvalue weighted by molar-refractivity contribution is -0.0797. The van der Waals surface area contributed by atoms with Crippen molar-refractivity contribution < 1.29 is 9.84 Å². The number of aliphatic hydroxyl groups excluding tert-OH is 1. The molecule has 3 nitrogen and oxygen atoms in total. The van der Waals surface area contributed by atoms with E-state index in [1.54, 1.807) is 0 Å². The summed E-state index contributed by atoms with van der Waals surface area (Å²) >= 11 is 0. The largest absolute Gasteiger partial charge is 0.396 e. The minimum atomic E-state index is 0.0505. The average molecular weight is 269 g/mol. The van der Waals surface area contributed by atoms with Gasteiger partial charge in [0.25, 0.3) is 0 Å². The Morgan fingerprint density at radius 1 is 1.26 bits per heavy atom. The van der Waals surface area contributed by atoms with E-state index < -0.39 is 0 Å². The van der Waals surface area contributed by atoms with E-state index in [0.29, 0.717) is 12.6 Å². The summed E-state index contributed by atoms with van der Waals surface area (Å²) in [5.41, 5.74) is 0.202. The van der Waals surface area contributed by atoms with Crippen molar-refractivity contribution in [1.29, 1.82) is 0 Å². The maximum absolute atomic E-state index is 9.76. The Morgan fingerprint density at radius 3 is 2.63 bits per heavy atom. The SMILES string of the molecule is CCC1(C)CC(NCC2(CO)CCCCC2)CCO1. The highest BCUT2D eigenvalue weighted by Gasteiger charge is 2.35. The molecule has 0 bridgehead atoms. The number of hydrogen-bond donors (Lipinski definition) is 2. The van der Waals surface area contributed by atoms with Crippen LogP contribution in [0.25, 0.3) is 0 Å². The van der Waals surface area contributed by atoms with Crippen LogP contribution in [0.15, 0.2) is 0 Å². The van der Waals surface area contributed by atoms with E-state index in [4.69, 9.17) is 4.74 Å². The second-order valence-electron chi connectivity index (χ2n) is 6.94. The summed E-state index contributed by atoms with van der Waals surface area (Å²) in [7, 11) is 0. The molecule has 1 aliphatic carbocycles. The third kappa shape index (κ3) is 3.93. The molecular weight excluding hydrogens is 238 g/mol. The van der Waals surface area contributed by atoms with E-state index in [-0.39, 0.29) is 11.0 Å². The quantitative estimate of drug-likeness (QED) is 0.806. The van der Waals surface area contributed by atoms with E-state index in [1.165, 1.54) is 32.1 Å². The van der Waals surface area contributed by atoms with Gasteiger partial charge in [0.05, 0.1) is 5.60 Å². The molecule has 1 aliphatic heterocycles. The average Bonchev–Trinajstić information content (AvgIpc) is 2.46. The van der Waals surface area contributed by atoms with Crippen LogP contribution in [-0.4, -0.2) is 36.5 Å². The van der Waals surface area contributed by atoms with E-state index in [1.807, 2.05) is 0 Å². The zero-order valence-corrected chi connectivity index (χ0v) is 12.7. The minimum Gasteiger partial charge on any atom is -0.396 e. The van der Waals surface area contributed by atoms with Crippen LogP contribution in [0.5, 0.6) is 0 Å². The van der Waals surface area contributed by atoms with Crippen LogP contribution in [-0.2, 0) is 4.74 Å². The molecule has 0 aromatic heterocycles. The number of nitrogens with one attached hydrogen (secondary N) is 1. The van der Waals surface area contributed by atoms with E-state index in [9.17, 15) is 5.11 Å². The van der Waals surface area contributed by atoms with Gasteiger partial charge in [-0.3, -0.25) is 0 Å². The first-order valence-corrected chi connectivity index (χ1v) is 8.10. The number of rotatable bonds is 5. The van der Waals surface area contributed by atoms with Gasteiger partial charge in [-0.2, -0.15) is 0 Å². The van der Waals surface area contributed by atoms with Gasteiger partial charge in [-0.25, -0.2) is 0 Å². The Labute approximate surface area is 118 Å². The van der Waals surface area contributed by atoms with Crippen molar-refractivity contribution in [2.45, 2.75) is 76.9 Å². The molecule has 0 radical (unpaired) electrons. The maximum atomic E-state index is 9.76. The normalized spacial score (nSPS) is 35.2. The van der Waals surface area contributed by atoms with Gasteiger partial charge < -0.3 is 15.2 Å². The molecular formula is C16H31NO2. The molecule has 112 valence electrons. The Bertz CT molecular complexity index is 276. The molecule has 2 N–H and O–H groups in total. The molecule has 2 atom stereocenters. The smallest absolute Gasteiger partial charge is 0.0666 e. The molecule has 2 rings (SSSR count). The van der Waals surface area contributed by atoms with Crippen LogP contribution >= 0.6 is 0 Å². The predicted octanol–water partition coefficient (Wildman–Crippen LogP) is 2.87. The van der Waals surface area contributed by atoms with Crippen molar-refractivity contribution in [3.63, 3.8) is 0 Å². The Morgan fingerprint density at radius 2 is 2.00 bits per heavy atom. The molecule has 1 saturated carbocycles. The third-order valence-electron chi connectivity index (χ3n) is 5.36.